The summed E-state index contributed by atoms with van der Waals surface area (Å²) in [6.45, 7) is 0. The van der Waals surface area contributed by atoms with Crippen LogP contribution in [0.15, 0.2) is 78.2 Å². The van der Waals surface area contributed by atoms with Gasteiger partial charge < -0.3 is 4.57 Å². The van der Waals surface area contributed by atoms with Crippen molar-refractivity contribution < 1.29 is 4.79 Å². The molecule has 0 bridgehead atoms. The molecule has 4 nitrogen and oxygen atoms in total. The van der Waals surface area contributed by atoms with Crippen molar-refractivity contribution in [2.24, 2.45) is 5.10 Å². The molecule has 0 aliphatic heterocycles. The minimum Gasteiger partial charge on any atom is -0.323 e. The van der Waals surface area contributed by atoms with Crippen LogP contribution in [0.5, 0.6) is 0 Å². The Morgan fingerprint density at radius 1 is 1.04 bits per heavy atom. The quantitative estimate of drug-likeness (QED) is 0.574. The molecule has 3 rings (SSSR count). The third kappa shape index (κ3) is 3.67. The molecule has 0 aliphatic rings. The van der Waals surface area contributed by atoms with E-state index in [4.69, 9.17) is 11.6 Å². The maximum atomic E-state index is 12.0. The van der Waals surface area contributed by atoms with Gasteiger partial charge >= 0.3 is 0 Å². The van der Waals surface area contributed by atoms with Gasteiger partial charge in [0.05, 0.1) is 16.8 Å². The van der Waals surface area contributed by atoms with Gasteiger partial charge in [0.25, 0.3) is 5.91 Å². The van der Waals surface area contributed by atoms with Gasteiger partial charge in [0.1, 0.15) is 0 Å². The maximum Gasteiger partial charge on any atom is 0.272 e. The number of para-hydroxylation sites is 1. The van der Waals surface area contributed by atoms with Gasteiger partial charge in [-0.1, -0.05) is 41.9 Å². The summed E-state index contributed by atoms with van der Waals surface area (Å²) >= 11 is 5.97. The Morgan fingerprint density at radius 3 is 2.57 bits per heavy atom. The number of aromatic nitrogens is 1. The zero-order valence-electron chi connectivity index (χ0n) is 12.2. The second-order valence-corrected chi connectivity index (χ2v) is 5.27. The minimum atomic E-state index is -0.339. The standard InChI is InChI=1S/C18H14ClN3O/c19-17-9-5-4-8-16(17)18(23)21-20-12-14-10-11-22(13-14)15-6-2-1-3-7-15/h1-13H,(H,21,23)/b20-12-. The number of hydrogen-bond donors (Lipinski definition) is 1. The predicted molar refractivity (Wildman–Crippen MR) is 92.3 cm³/mol. The second kappa shape index (κ2) is 6.94. The van der Waals surface area contributed by atoms with Crippen LogP contribution < -0.4 is 5.43 Å². The summed E-state index contributed by atoms with van der Waals surface area (Å²) in [6.07, 6.45) is 5.46. The summed E-state index contributed by atoms with van der Waals surface area (Å²) in [4.78, 5) is 12.0. The Hall–Kier alpha value is -2.85. The molecule has 0 unspecified atom stereocenters. The number of nitrogens with zero attached hydrogens (tertiary/aromatic N) is 2. The predicted octanol–water partition coefficient (Wildman–Crippen LogP) is 3.89. The summed E-state index contributed by atoms with van der Waals surface area (Å²) in [5.41, 5.74) is 4.82. The van der Waals surface area contributed by atoms with Crippen LogP contribution in [-0.4, -0.2) is 16.7 Å². The fraction of sp³-hybridized carbons (Fsp3) is 0. The van der Waals surface area contributed by atoms with Crippen molar-refractivity contribution in [3.05, 3.63) is 89.2 Å². The Kier molecular flexibility index (Phi) is 4.54. The van der Waals surface area contributed by atoms with Crippen molar-refractivity contribution in [3.8, 4) is 5.69 Å². The molecule has 114 valence electrons. The van der Waals surface area contributed by atoms with E-state index in [-0.39, 0.29) is 5.91 Å². The van der Waals surface area contributed by atoms with Gasteiger partial charge in [-0.15, -0.1) is 0 Å². The molecule has 5 heteroatoms. The highest BCUT2D eigenvalue weighted by Crippen LogP contribution is 2.14. The summed E-state index contributed by atoms with van der Waals surface area (Å²) < 4.78 is 1.98. The molecule has 1 aromatic heterocycles. The molecule has 3 aromatic rings. The Balaban J connectivity index is 1.66. The molecule has 0 aliphatic carbocycles. The molecule has 1 amide bonds. The first-order chi connectivity index (χ1) is 11.2. The number of hydrazone groups is 1. The number of carbonyl (C=O) groups excluding carboxylic acids is 1. The van der Waals surface area contributed by atoms with Crippen molar-refractivity contribution >= 4 is 23.7 Å². The lowest BCUT2D eigenvalue weighted by molar-refractivity contribution is 0.0955. The summed E-state index contributed by atoms with van der Waals surface area (Å²) in [5.74, 6) is -0.339. The monoisotopic (exact) mass is 323 g/mol. The smallest absolute Gasteiger partial charge is 0.272 e. The van der Waals surface area contributed by atoms with E-state index < -0.39 is 0 Å². The minimum absolute atomic E-state index is 0.339. The molecule has 0 radical (unpaired) electrons. The molecule has 23 heavy (non-hydrogen) atoms. The average molecular weight is 324 g/mol. The van der Waals surface area contributed by atoms with E-state index in [0.29, 0.717) is 10.6 Å². The fourth-order valence-electron chi connectivity index (χ4n) is 2.12. The molecule has 0 atom stereocenters. The van der Waals surface area contributed by atoms with Crippen molar-refractivity contribution in [3.63, 3.8) is 0 Å². The van der Waals surface area contributed by atoms with Crippen LogP contribution in [0.2, 0.25) is 5.02 Å². The number of amides is 1. The highest BCUT2D eigenvalue weighted by atomic mass is 35.5. The van der Waals surface area contributed by atoms with E-state index in [1.165, 1.54) is 0 Å². The van der Waals surface area contributed by atoms with Crippen molar-refractivity contribution in [1.29, 1.82) is 0 Å². The Labute approximate surface area is 139 Å². The van der Waals surface area contributed by atoms with Crippen LogP contribution in [0, 0.1) is 0 Å². The van der Waals surface area contributed by atoms with Gasteiger partial charge in [0.15, 0.2) is 0 Å². The van der Waals surface area contributed by atoms with Crippen molar-refractivity contribution in [2.75, 3.05) is 0 Å². The first-order valence-corrected chi connectivity index (χ1v) is 7.43. The lowest BCUT2D eigenvalue weighted by Crippen LogP contribution is -2.17. The lowest BCUT2D eigenvalue weighted by Gasteiger charge is -2.01. The van der Waals surface area contributed by atoms with Gasteiger partial charge in [0, 0.05) is 23.6 Å². The number of halogens is 1. The number of rotatable bonds is 4. The molecular formula is C18H14ClN3O. The third-order valence-electron chi connectivity index (χ3n) is 3.27. The number of carbonyl (C=O) groups is 1. The highest BCUT2D eigenvalue weighted by molar-refractivity contribution is 6.33. The summed E-state index contributed by atoms with van der Waals surface area (Å²) in [5, 5.41) is 4.37. The van der Waals surface area contributed by atoms with Crippen LogP contribution in [0.25, 0.3) is 5.69 Å². The van der Waals surface area contributed by atoms with Gasteiger partial charge in [-0.2, -0.15) is 5.10 Å². The van der Waals surface area contributed by atoms with Crippen molar-refractivity contribution in [1.82, 2.24) is 9.99 Å². The SMILES string of the molecule is O=C(N/N=C\c1ccn(-c2ccccc2)c1)c1ccccc1Cl. The van der Waals surface area contributed by atoms with Gasteiger partial charge in [-0.05, 0) is 30.3 Å². The van der Waals surface area contributed by atoms with E-state index in [9.17, 15) is 4.79 Å². The highest BCUT2D eigenvalue weighted by Gasteiger charge is 2.07. The molecule has 1 N–H and O–H groups in total. The Bertz CT molecular complexity index is 840. The fourth-order valence-corrected chi connectivity index (χ4v) is 2.34. The third-order valence-corrected chi connectivity index (χ3v) is 3.60. The first-order valence-electron chi connectivity index (χ1n) is 7.05. The van der Waals surface area contributed by atoms with Crippen molar-refractivity contribution in [2.45, 2.75) is 0 Å². The van der Waals surface area contributed by atoms with Crippen LogP contribution >= 0.6 is 11.6 Å². The Morgan fingerprint density at radius 2 is 1.78 bits per heavy atom. The molecule has 0 spiro atoms. The van der Waals surface area contributed by atoms with Crippen LogP contribution in [0.1, 0.15) is 15.9 Å². The number of benzene rings is 2. The average Bonchev–Trinajstić information content (AvgIpc) is 3.05. The van der Waals surface area contributed by atoms with Crippen LogP contribution in [0.3, 0.4) is 0 Å². The lowest BCUT2D eigenvalue weighted by atomic mass is 10.2. The van der Waals surface area contributed by atoms with E-state index in [0.717, 1.165) is 11.3 Å². The van der Waals surface area contributed by atoms with E-state index in [2.05, 4.69) is 10.5 Å². The topological polar surface area (TPSA) is 46.4 Å². The zero-order chi connectivity index (χ0) is 16.1. The molecule has 0 saturated carbocycles. The van der Waals surface area contributed by atoms with E-state index >= 15 is 0 Å². The zero-order valence-corrected chi connectivity index (χ0v) is 12.9. The normalized spacial score (nSPS) is 10.8. The van der Waals surface area contributed by atoms with E-state index in [1.54, 1.807) is 30.5 Å². The van der Waals surface area contributed by atoms with E-state index in [1.807, 2.05) is 53.4 Å². The van der Waals surface area contributed by atoms with Crippen LogP contribution in [-0.2, 0) is 0 Å². The molecular weight excluding hydrogens is 310 g/mol. The molecule has 1 heterocycles. The summed E-state index contributed by atoms with van der Waals surface area (Å²) in [6, 6.07) is 18.7. The molecule has 0 fully saturated rings. The number of nitrogens with one attached hydrogen (secondary N) is 1. The first kappa shape index (κ1) is 15.1. The molecule has 0 saturated heterocycles. The largest absolute Gasteiger partial charge is 0.323 e. The maximum absolute atomic E-state index is 12.0. The molecule has 2 aromatic carbocycles. The van der Waals surface area contributed by atoms with Gasteiger partial charge in [0.2, 0.25) is 0 Å². The number of hydrogen-bond acceptors (Lipinski definition) is 2. The van der Waals surface area contributed by atoms with Gasteiger partial charge in [-0.3, -0.25) is 4.79 Å². The summed E-state index contributed by atoms with van der Waals surface area (Å²) in [7, 11) is 0. The second-order valence-electron chi connectivity index (χ2n) is 4.87. The van der Waals surface area contributed by atoms with Crippen LogP contribution in [0.4, 0.5) is 0 Å². The van der Waals surface area contributed by atoms with Gasteiger partial charge in [-0.25, -0.2) is 5.43 Å².